The fraction of sp³-hybridized carbons (Fsp3) is 0.690. The molecule has 0 saturated heterocycles. The number of rotatable bonds is 26. The van der Waals surface area contributed by atoms with Crippen LogP contribution in [0.15, 0.2) is 36.4 Å². The van der Waals surface area contributed by atoms with E-state index in [1.165, 1.54) is 128 Å². The van der Waals surface area contributed by atoms with E-state index in [2.05, 4.69) is 144 Å². The molecule has 0 fully saturated rings. The van der Waals surface area contributed by atoms with Gasteiger partial charge in [0.2, 0.25) is 0 Å². The van der Waals surface area contributed by atoms with Crippen molar-refractivity contribution in [3.63, 3.8) is 0 Å². The van der Waals surface area contributed by atoms with Crippen molar-refractivity contribution in [2.75, 3.05) is 0 Å². The Balaban J connectivity index is 1.73. The summed E-state index contributed by atoms with van der Waals surface area (Å²) in [6, 6.07) is 16.6. The molecule has 0 N–H and O–H groups in total. The topological polar surface area (TPSA) is 0 Å². The summed E-state index contributed by atoms with van der Waals surface area (Å²) in [5, 5.41) is 3.28. The molecule has 2 aromatic heterocycles. The number of unbranched alkanes of at least 4 members (excludes halogenated alkanes) is 4. The number of benzene rings is 2. The van der Waals surface area contributed by atoms with Crippen molar-refractivity contribution in [2.24, 2.45) is 23.7 Å². The van der Waals surface area contributed by atoms with E-state index in [1.54, 1.807) is 59.7 Å². The average Bonchev–Trinajstić information content (AvgIpc) is 4.01. The fourth-order valence-electron chi connectivity index (χ4n) is 12.5. The maximum absolute atomic E-state index is 2.86. The average molecular weight is 1090 g/mol. The first-order valence-corrected chi connectivity index (χ1v) is 48.1. The minimum atomic E-state index is -2.37. The first kappa shape index (κ1) is 51.1. The molecule has 0 aliphatic heterocycles. The monoisotopic (exact) mass is 1090 g/mol. The molecule has 2 heterocycles. The van der Waals surface area contributed by atoms with E-state index in [9.17, 15) is 0 Å². The van der Waals surface area contributed by atoms with Crippen LogP contribution in [-0.2, 0) is 10.8 Å². The van der Waals surface area contributed by atoms with Crippen LogP contribution in [0.4, 0.5) is 0 Å². The molecule has 0 amide bonds. The molecule has 4 aromatic rings. The third kappa shape index (κ3) is 10.2. The molecule has 0 nitrogen and oxygen atoms in total. The van der Waals surface area contributed by atoms with Crippen LogP contribution in [0.5, 0.6) is 0 Å². The van der Waals surface area contributed by atoms with Gasteiger partial charge in [0, 0.05) is 0 Å². The summed E-state index contributed by atoms with van der Waals surface area (Å²) in [5.41, 5.74) is 10.5. The van der Waals surface area contributed by atoms with E-state index < -0.39 is 36.8 Å². The van der Waals surface area contributed by atoms with Gasteiger partial charge < -0.3 is 0 Å². The molecule has 344 valence electrons. The Morgan fingerprint density at radius 2 is 0.726 bits per heavy atom. The molecular formula is C58H92S2Sn2. The molecule has 2 aliphatic rings. The number of thiophene rings is 2. The first-order valence-electron chi connectivity index (χ1n) is 26.5. The quantitative estimate of drug-likeness (QED) is 0.0550. The second-order valence-electron chi connectivity index (χ2n) is 22.9. The second-order valence-corrected chi connectivity index (χ2v) is 55.9. The Bertz CT molecular complexity index is 1880. The summed E-state index contributed by atoms with van der Waals surface area (Å²) in [6.07, 6.45) is 26.6. The molecule has 6 rings (SSSR count). The Kier molecular flexibility index (Phi) is 17.9. The molecular weight excluding hydrogens is 998 g/mol. The molecule has 0 spiro atoms. The fourth-order valence-corrected chi connectivity index (χ4v) is 25.5. The van der Waals surface area contributed by atoms with E-state index in [4.69, 9.17) is 0 Å². The minimum absolute atomic E-state index is 0.0766. The molecule has 2 aromatic carbocycles. The van der Waals surface area contributed by atoms with Gasteiger partial charge in [-0.05, 0) is 0 Å². The van der Waals surface area contributed by atoms with E-state index in [0.717, 1.165) is 23.7 Å². The predicted octanol–water partition coefficient (Wildman–Crippen LogP) is 19.0. The molecule has 62 heavy (non-hydrogen) atoms. The van der Waals surface area contributed by atoms with Gasteiger partial charge in [-0.2, -0.15) is 0 Å². The van der Waals surface area contributed by atoms with Crippen LogP contribution in [0, 0.1) is 23.7 Å². The Morgan fingerprint density at radius 3 is 0.968 bits per heavy atom. The Hall–Kier alpha value is -0.303. The van der Waals surface area contributed by atoms with E-state index in [1.807, 2.05) is 0 Å². The molecule has 2 aliphatic carbocycles. The van der Waals surface area contributed by atoms with Crippen molar-refractivity contribution >= 4 is 76.0 Å². The maximum atomic E-state index is 2.86. The van der Waals surface area contributed by atoms with Crippen LogP contribution >= 0.6 is 22.7 Å². The van der Waals surface area contributed by atoms with Crippen LogP contribution in [0.1, 0.15) is 206 Å². The van der Waals surface area contributed by atoms with Gasteiger partial charge in [-0.25, -0.2) is 0 Å². The van der Waals surface area contributed by atoms with Gasteiger partial charge in [-0.3, -0.25) is 0 Å². The zero-order valence-corrected chi connectivity index (χ0v) is 50.1. The van der Waals surface area contributed by atoms with Gasteiger partial charge in [0.15, 0.2) is 0 Å². The summed E-state index contributed by atoms with van der Waals surface area (Å²) in [7, 11) is 0. The van der Waals surface area contributed by atoms with Gasteiger partial charge >= 0.3 is 403 Å². The molecule has 0 bridgehead atoms. The zero-order chi connectivity index (χ0) is 45.0. The van der Waals surface area contributed by atoms with Crippen LogP contribution in [0.2, 0.25) is 29.6 Å². The van der Waals surface area contributed by atoms with Gasteiger partial charge in [-0.15, -0.1) is 0 Å². The van der Waals surface area contributed by atoms with Crippen LogP contribution < -0.4 is 5.79 Å². The Labute approximate surface area is 399 Å². The van der Waals surface area contributed by atoms with Crippen molar-refractivity contribution in [1.29, 1.82) is 0 Å². The van der Waals surface area contributed by atoms with Crippen molar-refractivity contribution in [1.82, 2.24) is 0 Å². The molecule has 4 atom stereocenters. The van der Waals surface area contributed by atoms with E-state index >= 15 is 0 Å². The van der Waals surface area contributed by atoms with Crippen LogP contribution in [-0.4, -0.2) is 36.8 Å². The number of hydrogen-bond acceptors (Lipinski definition) is 2. The standard InChI is InChI=1S/C52H74S2.6CH3.2Sn/c1-9-17-21-37(13-5)33-51(34-38(14-6)22-18-10-2)45-29-31-53-49(45)43-27-26-42-41(47(43)51)25-28-44-48(42)52(46-30-32-54-50(44)46,35-39(15-7)23-19-11-3)36-40(16-8)24-20-12-4;;;;;;;;/h25-30,37-40H,9-24,33-36H2,1-8H3;6*1H3;;. The van der Waals surface area contributed by atoms with Crippen LogP contribution in [0.3, 0.4) is 0 Å². The SMILES string of the molecule is CCCCC(CC)CC1(CC(CC)CCCC)c2c[c]([Sn]([CH3])([CH3])[CH3])sc2-c2ccc3c4c(ccc3c21)-c1s[c]([Sn]([CH3])([CH3])[CH3])cc1C4(CC(CC)CCCC)CC(CC)CCCC. The third-order valence-corrected chi connectivity index (χ3v) is 37.5. The third-order valence-electron chi connectivity index (χ3n) is 16.3. The zero-order valence-electron chi connectivity index (χ0n) is 42.7. The van der Waals surface area contributed by atoms with Crippen molar-refractivity contribution < 1.29 is 0 Å². The molecule has 0 radical (unpaired) electrons. The van der Waals surface area contributed by atoms with E-state index in [-0.39, 0.29) is 10.8 Å². The van der Waals surface area contributed by atoms with Gasteiger partial charge in [0.1, 0.15) is 0 Å². The summed E-state index contributed by atoms with van der Waals surface area (Å²) in [5.74, 6) is 3.02. The van der Waals surface area contributed by atoms with Crippen LogP contribution in [0.25, 0.3) is 31.7 Å². The number of fused-ring (bicyclic) bond motifs is 9. The van der Waals surface area contributed by atoms with E-state index in [0.29, 0.717) is 0 Å². The summed E-state index contributed by atoms with van der Waals surface area (Å²) >= 11 is -0.241. The summed E-state index contributed by atoms with van der Waals surface area (Å²) < 4.78 is 3.57. The van der Waals surface area contributed by atoms with Crippen molar-refractivity contribution in [3.8, 4) is 20.9 Å². The first-order chi connectivity index (χ1) is 29.6. The normalized spacial score (nSPS) is 20.3. The van der Waals surface area contributed by atoms with Gasteiger partial charge in [-0.1, -0.05) is 0 Å². The van der Waals surface area contributed by atoms with Crippen molar-refractivity contribution in [3.05, 3.63) is 58.7 Å². The number of hydrogen-bond donors (Lipinski definition) is 0. The molecule has 4 heteroatoms. The van der Waals surface area contributed by atoms with Gasteiger partial charge in [0.05, 0.1) is 0 Å². The predicted molar refractivity (Wildman–Crippen MR) is 290 cm³/mol. The molecule has 0 saturated carbocycles. The molecule has 4 unspecified atom stereocenters. The van der Waals surface area contributed by atoms with Gasteiger partial charge in [0.25, 0.3) is 0 Å². The van der Waals surface area contributed by atoms with Crippen molar-refractivity contribution in [2.45, 2.75) is 224 Å². The second kappa shape index (κ2) is 21.8. The summed E-state index contributed by atoms with van der Waals surface area (Å²) in [4.78, 5) is 19.3. The summed E-state index contributed by atoms with van der Waals surface area (Å²) in [6.45, 7) is 19.7. The Morgan fingerprint density at radius 1 is 0.435 bits per heavy atom.